The Morgan fingerprint density at radius 2 is 0.745 bits per heavy atom. The summed E-state index contributed by atoms with van der Waals surface area (Å²) in [6, 6.07) is 0. The average molecular weight is 733 g/mol. The van der Waals surface area contributed by atoms with Crippen LogP contribution >= 0.6 is 0 Å². The van der Waals surface area contributed by atoms with E-state index in [0.717, 1.165) is 49.3 Å². The zero-order valence-electron chi connectivity index (χ0n) is 29.5. The molecule has 0 saturated heterocycles. The number of carbonyl (C=O) groups excluding carboxylic acids is 2. The second-order valence-corrected chi connectivity index (χ2v) is 15.1. The molecule has 0 fully saturated rings. The SMILES string of the molecule is CCCCCCCCCCCC/C=C/S(=O)(=O)NCCC(=O)[O-].CCCCCCCCCCCC/C=C/S(=O)(=O)NCCC(=O)[O-].[Ca+2]. The molecule has 10 nitrogen and oxygen atoms in total. The standard InChI is InChI=1S/2C17H33NO4S.Ca/c2*1-2-3-4-5-6-7-8-9-10-11-12-13-16-23(21,22)18-15-14-17(19)20;/h2*13,16,18H,2-12,14-15H2,1H3,(H,19,20);/q;;+2/p-2/b2*16-13+;. The van der Waals surface area contributed by atoms with Gasteiger partial charge >= 0.3 is 37.7 Å². The topological polar surface area (TPSA) is 173 Å². The molecule has 2 N–H and O–H groups in total. The molecule has 0 rings (SSSR count). The van der Waals surface area contributed by atoms with E-state index in [0.29, 0.717) is 0 Å². The summed E-state index contributed by atoms with van der Waals surface area (Å²) in [6.45, 7) is 4.19. The fourth-order valence-corrected chi connectivity index (χ4v) is 6.32. The molecule has 0 aliphatic rings. The van der Waals surface area contributed by atoms with E-state index in [1.54, 1.807) is 12.2 Å². The smallest absolute Gasteiger partial charge is 0.550 e. The van der Waals surface area contributed by atoms with Crippen LogP contribution in [0.3, 0.4) is 0 Å². The monoisotopic (exact) mass is 732 g/mol. The molecule has 0 bridgehead atoms. The van der Waals surface area contributed by atoms with Crippen molar-refractivity contribution in [2.24, 2.45) is 0 Å². The number of aliphatic carboxylic acids is 2. The minimum atomic E-state index is -3.51. The van der Waals surface area contributed by atoms with E-state index >= 15 is 0 Å². The Morgan fingerprint density at radius 3 is 1.00 bits per heavy atom. The van der Waals surface area contributed by atoms with E-state index in [1.165, 1.54) is 103 Å². The van der Waals surface area contributed by atoms with Crippen molar-refractivity contribution in [2.75, 3.05) is 13.1 Å². The first-order valence-electron chi connectivity index (χ1n) is 17.7. The molecule has 272 valence electrons. The Labute approximate surface area is 317 Å². The van der Waals surface area contributed by atoms with Gasteiger partial charge in [0.2, 0.25) is 20.0 Å². The van der Waals surface area contributed by atoms with Crippen molar-refractivity contribution in [2.45, 2.75) is 168 Å². The number of carbonyl (C=O) groups is 2. The molecule has 0 heterocycles. The average Bonchev–Trinajstić information content (AvgIpc) is 2.98. The molecule has 0 aromatic carbocycles. The van der Waals surface area contributed by atoms with Crippen LogP contribution in [0.4, 0.5) is 0 Å². The molecule has 0 aliphatic carbocycles. The van der Waals surface area contributed by atoms with E-state index in [-0.39, 0.29) is 63.7 Å². The number of unbranched alkanes of at least 4 members (excludes halogenated alkanes) is 20. The molecule has 0 aromatic rings. The second kappa shape index (κ2) is 36.8. The first kappa shape index (κ1) is 50.9. The van der Waals surface area contributed by atoms with Crippen molar-refractivity contribution >= 4 is 69.7 Å². The number of allylic oxidation sites excluding steroid dienone is 2. The maximum atomic E-state index is 11.5. The minimum Gasteiger partial charge on any atom is -0.550 e. The number of rotatable bonds is 32. The molecular weight excluding hydrogens is 669 g/mol. The van der Waals surface area contributed by atoms with Crippen LogP contribution in [0, 0.1) is 0 Å². The minimum absolute atomic E-state index is 0. The summed E-state index contributed by atoms with van der Waals surface area (Å²) in [5.74, 6) is -2.52. The van der Waals surface area contributed by atoms with E-state index in [1.807, 2.05) is 0 Å². The predicted octanol–water partition coefficient (Wildman–Crippen LogP) is 5.36. The molecule has 47 heavy (non-hydrogen) atoms. The van der Waals surface area contributed by atoms with Gasteiger partial charge in [-0.05, 0) is 25.7 Å². The number of nitrogens with one attached hydrogen (secondary N) is 2. The molecule has 0 aromatic heterocycles. The number of carboxylic acid groups (broad SMARTS) is 2. The second-order valence-electron chi connectivity index (χ2n) is 11.8. The molecule has 0 unspecified atom stereocenters. The predicted molar refractivity (Wildman–Crippen MR) is 190 cm³/mol. The summed E-state index contributed by atoms with van der Waals surface area (Å²) in [5, 5.41) is 22.6. The van der Waals surface area contributed by atoms with Crippen molar-refractivity contribution in [1.29, 1.82) is 0 Å². The summed E-state index contributed by atoms with van der Waals surface area (Å²) in [4.78, 5) is 20.4. The Hall–Kier alpha value is -0.500. The fourth-order valence-electron chi connectivity index (χ4n) is 4.58. The van der Waals surface area contributed by atoms with Gasteiger partial charge in [0.15, 0.2) is 0 Å². The molecule has 0 radical (unpaired) electrons. The molecule has 0 aliphatic heterocycles. The van der Waals surface area contributed by atoms with Crippen LogP contribution in [0.2, 0.25) is 0 Å². The number of hydrogen-bond donors (Lipinski definition) is 2. The van der Waals surface area contributed by atoms with Crippen molar-refractivity contribution in [1.82, 2.24) is 9.44 Å². The van der Waals surface area contributed by atoms with Gasteiger partial charge in [-0.2, -0.15) is 0 Å². The van der Waals surface area contributed by atoms with Crippen molar-refractivity contribution in [3.63, 3.8) is 0 Å². The van der Waals surface area contributed by atoms with Crippen LogP contribution in [0.25, 0.3) is 0 Å². The summed E-state index contributed by atoms with van der Waals surface area (Å²) in [6.07, 6.45) is 29.2. The normalized spacial score (nSPS) is 11.8. The van der Waals surface area contributed by atoms with E-state index in [4.69, 9.17) is 0 Å². The summed E-state index contributed by atoms with van der Waals surface area (Å²) in [5.41, 5.74) is 0. The van der Waals surface area contributed by atoms with Gasteiger partial charge in [0.1, 0.15) is 0 Å². The van der Waals surface area contributed by atoms with E-state index in [9.17, 15) is 36.6 Å². The third-order valence-electron chi connectivity index (χ3n) is 7.26. The number of hydrogen-bond acceptors (Lipinski definition) is 8. The zero-order valence-corrected chi connectivity index (χ0v) is 33.3. The summed E-state index contributed by atoms with van der Waals surface area (Å²) >= 11 is 0. The van der Waals surface area contributed by atoms with Gasteiger partial charge in [0.25, 0.3) is 0 Å². The van der Waals surface area contributed by atoms with Gasteiger partial charge in [-0.15, -0.1) is 0 Å². The Morgan fingerprint density at radius 1 is 0.489 bits per heavy atom. The van der Waals surface area contributed by atoms with E-state index in [2.05, 4.69) is 23.3 Å². The summed E-state index contributed by atoms with van der Waals surface area (Å²) in [7, 11) is -7.02. The quantitative estimate of drug-likeness (QED) is 0.0687. The Balaban J connectivity index is -0.000000807. The number of sulfonamides is 2. The van der Waals surface area contributed by atoms with Crippen LogP contribution in [-0.4, -0.2) is 79.6 Å². The molecule has 0 saturated carbocycles. The maximum Gasteiger partial charge on any atom is 2.00 e. The third kappa shape index (κ3) is 45.5. The van der Waals surface area contributed by atoms with Crippen molar-refractivity contribution in [3.05, 3.63) is 23.0 Å². The zero-order chi connectivity index (χ0) is 34.8. The first-order valence-corrected chi connectivity index (χ1v) is 20.8. The van der Waals surface area contributed by atoms with Gasteiger partial charge in [-0.25, -0.2) is 26.3 Å². The third-order valence-corrected chi connectivity index (χ3v) is 9.58. The van der Waals surface area contributed by atoms with Crippen LogP contribution < -0.4 is 19.7 Å². The fraction of sp³-hybridized carbons (Fsp3) is 0.824. The van der Waals surface area contributed by atoms with Gasteiger partial charge in [-0.1, -0.05) is 142 Å². The van der Waals surface area contributed by atoms with Crippen molar-refractivity contribution < 1.29 is 36.6 Å². The number of carboxylic acids is 2. The Bertz CT molecular complexity index is 924. The van der Waals surface area contributed by atoms with Gasteiger partial charge in [-0.3, -0.25) is 0 Å². The van der Waals surface area contributed by atoms with Crippen LogP contribution in [0.1, 0.15) is 168 Å². The molecule has 0 atom stereocenters. The van der Waals surface area contributed by atoms with Gasteiger partial charge < -0.3 is 19.8 Å². The van der Waals surface area contributed by atoms with Gasteiger partial charge in [0, 0.05) is 48.7 Å². The molecule has 13 heteroatoms. The summed E-state index contributed by atoms with van der Waals surface area (Å²) < 4.78 is 50.3. The van der Waals surface area contributed by atoms with E-state index < -0.39 is 32.0 Å². The molecule has 0 spiro atoms. The van der Waals surface area contributed by atoms with Gasteiger partial charge in [0.05, 0.1) is 0 Å². The van der Waals surface area contributed by atoms with Crippen LogP contribution in [-0.2, 0) is 29.6 Å². The molecular formula is C34H64CaN2O8S2. The van der Waals surface area contributed by atoms with Crippen molar-refractivity contribution in [3.8, 4) is 0 Å². The van der Waals surface area contributed by atoms with Crippen LogP contribution in [0.15, 0.2) is 23.0 Å². The first-order chi connectivity index (χ1) is 22.0. The van der Waals surface area contributed by atoms with Crippen LogP contribution in [0.5, 0.6) is 0 Å². The maximum absolute atomic E-state index is 11.5. The molecule has 0 amide bonds. The Kier molecular flexibility index (Phi) is 39.8. The largest absolute Gasteiger partial charge is 2.00 e.